The van der Waals surface area contributed by atoms with Crippen molar-refractivity contribution in [3.8, 4) is 0 Å². The maximum Gasteiger partial charge on any atom is 0.152 e. The van der Waals surface area contributed by atoms with Crippen molar-refractivity contribution in [2.75, 3.05) is 0 Å². The molecular weight excluding hydrogens is 260 g/mol. The molecule has 3 nitrogen and oxygen atoms in total. The first-order valence-electron chi connectivity index (χ1n) is 6.64. The van der Waals surface area contributed by atoms with Crippen LogP contribution < -0.4 is 0 Å². The first-order valence-corrected chi connectivity index (χ1v) is 7.02. The minimum Gasteiger partial charge on any atom is -0.370 e. The molecule has 0 spiro atoms. The van der Waals surface area contributed by atoms with Crippen LogP contribution in [0.1, 0.15) is 36.8 Å². The van der Waals surface area contributed by atoms with Crippen LogP contribution in [0.2, 0.25) is 5.15 Å². The van der Waals surface area contributed by atoms with Crippen LogP contribution in [0.15, 0.2) is 30.3 Å². The number of aryl methyl sites for hydroxylation is 1. The van der Waals surface area contributed by atoms with E-state index in [2.05, 4.69) is 16.9 Å². The molecule has 0 amide bonds. The van der Waals surface area contributed by atoms with Gasteiger partial charge in [0.15, 0.2) is 5.15 Å². The quantitative estimate of drug-likeness (QED) is 0.827. The first kappa shape index (κ1) is 14.1. The van der Waals surface area contributed by atoms with Gasteiger partial charge in [-0.15, -0.1) is 0 Å². The molecule has 0 atom stereocenters. The summed E-state index contributed by atoms with van der Waals surface area (Å²) < 4.78 is 5.65. The van der Waals surface area contributed by atoms with E-state index in [1.807, 2.05) is 30.3 Å². The summed E-state index contributed by atoms with van der Waals surface area (Å²) >= 11 is 6.08. The number of benzene rings is 1. The lowest BCUT2D eigenvalue weighted by Crippen LogP contribution is -1.95. The van der Waals surface area contributed by atoms with Crippen LogP contribution in [0.25, 0.3) is 0 Å². The van der Waals surface area contributed by atoms with Crippen molar-refractivity contribution in [2.45, 2.75) is 39.4 Å². The highest BCUT2D eigenvalue weighted by Gasteiger charge is 2.07. The molecule has 0 fully saturated rings. The monoisotopic (exact) mass is 278 g/mol. The molecule has 0 radical (unpaired) electrons. The third kappa shape index (κ3) is 4.37. The lowest BCUT2D eigenvalue weighted by Gasteiger charge is -2.03. The number of hydrogen-bond donors (Lipinski definition) is 1. The van der Waals surface area contributed by atoms with E-state index >= 15 is 0 Å². The summed E-state index contributed by atoms with van der Waals surface area (Å²) in [6, 6.07) is 10.1. The topological polar surface area (TPSA) is 37.9 Å². The predicted octanol–water partition coefficient (Wildman–Crippen LogP) is 4.12. The third-order valence-corrected chi connectivity index (χ3v) is 3.22. The Balaban J connectivity index is 1.84. The van der Waals surface area contributed by atoms with Gasteiger partial charge in [-0.3, -0.25) is 0 Å². The molecule has 19 heavy (non-hydrogen) atoms. The van der Waals surface area contributed by atoms with Crippen LogP contribution >= 0.6 is 11.6 Å². The highest BCUT2D eigenvalue weighted by Crippen LogP contribution is 2.15. The van der Waals surface area contributed by atoms with Gasteiger partial charge >= 0.3 is 0 Å². The van der Waals surface area contributed by atoms with E-state index in [0.29, 0.717) is 18.4 Å². The molecule has 0 saturated carbocycles. The Labute approximate surface area is 119 Å². The molecule has 2 aromatic rings. The summed E-state index contributed by atoms with van der Waals surface area (Å²) in [4.78, 5) is 7.54. The fourth-order valence-electron chi connectivity index (χ4n) is 1.84. The van der Waals surface area contributed by atoms with Crippen molar-refractivity contribution in [3.63, 3.8) is 0 Å². The van der Waals surface area contributed by atoms with E-state index in [0.717, 1.165) is 36.3 Å². The number of nitrogens with one attached hydrogen (secondary N) is 1. The molecule has 1 aromatic carbocycles. The summed E-state index contributed by atoms with van der Waals surface area (Å²) in [5, 5.41) is 0.527. The standard InChI is InChI=1S/C15H19ClN2O/c1-2-3-9-14-17-13(15(16)18-14)11-19-10-12-7-5-4-6-8-12/h4-8H,2-3,9-11H2,1H3,(H,17,18). The lowest BCUT2D eigenvalue weighted by molar-refractivity contribution is 0.105. The second-order valence-electron chi connectivity index (χ2n) is 4.53. The van der Waals surface area contributed by atoms with Crippen LogP contribution in [-0.4, -0.2) is 9.97 Å². The molecule has 0 aliphatic heterocycles. The number of nitrogens with zero attached hydrogens (tertiary/aromatic N) is 1. The average Bonchev–Trinajstić information content (AvgIpc) is 2.78. The molecule has 102 valence electrons. The van der Waals surface area contributed by atoms with E-state index in [-0.39, 0.29) is 0 Å². The highest BCUT2D eigenvalue weighted by atomic mass is 35.5. The molecule has 0 aliphatic rings. The summed E-state index contributed by atoms with van der Waals surface area (Å²) in [6.45, 7) is 3.21. The van der Waals surface area contributed by atoms with E-state index in [1.165, 1.54) is 0 Å². The van der Waals surface area contributed by atoms with Gasteiger partial charge in [0.05, 0.1) is 18.9 Å². The number of rotatable bonds is 7. The van der Waals surface area contributed by atoms with Crippen molar-refractivity contribution in [1.82, 2.24) is 9.97 Å². The minimum absolute atomic E-state index is 0.465. The average molecular weight is 279 g/mol. The summed E-state index contributed by atoms with van der Waals surface area (Å²) in [5.74, 6) is 0.949. The molecule has 0 unspecified atom stereocenters. The van der Waals surface area contributed by atoms with Crippen LogP contribution in [0.3, 0.4) is 0 Å². The Hall–Kier alpha value is -1.32. The van der Waals surface area contributed by atoms with Crippen molar-refractivity contribution in [1.29, 1.82) is 0 Å². The smallest absolute Gasteiger partial charge is 0.152 e. The fraction of sp³-hybridized carbons (Fsp3) is 0.400. The Bertz CT molecular complexity index is 496. The van der Waals surface area contributed by atoms with Crippen LogP contribution in [0.5, 0.6) is 0 Å². The van der Waals surface area contributed by atoms with Gasteiger partial charge in [-0.05, 0) is 12.0 Å². The second kappa shape index (κ2) is 7.31. The number of ether oxygens (including phenoxy) is 1. The zero-order chi connectivity index (χ0) is 13.5. The molecular formula is C15H19ClN2O. The second-order valence-corrected chi connectivity index (χ2v) is 4.89. The van der Waals surface area contributed by atoms with Crippen molar-refractivity contribution < 1.29 is 4.74 Å². The molecule has 4 heteroatoms. The molecule has 1 N–H and O–H groups in total. The van der Waals surface area contributed by atoms with Gasteiger partial charge in [-0.1, -0.05) is 55.3 Å². The Morgan fingerprint density at radius 2 is 2.00 bits per heavy atom. The number of imidazole rings is 1. The number of unbranched alkanes of at least 4 members (excludes halogenated alkanes) is 1. The zero-order valence-electron chi connectivity index (χ0n) is 11.2. The molecule has 2 rings (SSSR count). The van der Waals surface area contributed by atoms with E-state index in [1.54, 1.807) is 0 Å². The first-order chi connectivity index (χ1) is 9.29. The van der Waals surface area contributed by atoms with E-state index < -0.39 is 0 Å². The fourth-order valence-corrected chi connectivity index (χ4v) is 2.05. The zero-order valence-corrected chi connectivity index (χ0v) is 11.9. The van der Waals surface area contributed by atoms with Gasteiger partial charge in [0.25, 0.3) is 0 Å². The predicted molar refractivity (Wildman–Crippen MR) is 77.1 cm³/mol. The van der Waals surface area contributed by atoms with Crippen LogP contribution in [0, 0.1) is 0 Å². The van der Waals surface area contributed by atoms with Gasteiger partial charge in [-0.2, -0.15) is 0 Å². The lowest BCUT2D eigenvalue weighted by atomic mass is 10.2. The van der Waals surface area contributed by atoms with E-state index in [9.17, 15) is 0 Å². The van der Waals surface area contributed by atoms with Gasteiger partial charge in [0.2, 0.25) is 0 Å². The highest BCUT2D eigenvalue weighted by molar-refractivity contribution is 6.30. The van der Waals surface area contributed by atoms with Crippen LogP contribution in [-0.2, 0) is 24.4 Å². The normalized spacial score (nSPS) is 10.8. The molecule has 0 saturated heterocycles. The molecule has 1 heterocycles. The Kier molecular flexibility index (Phi) is 5.43. The van der Waals surface area contributed by atoms with E-state index in [4.69, 9.17) is 16.3 Å². The third-order valence-electron chi connectivity index (χ3n) is 2.90. The number of halogens is 1. The molecule has 0 aliphatic carbocycles. The molecule has 0 bridgehead atoms. The Morgan fingerprint density at radius 1 is 1.21 bits per heavy atom. The van der Waals surface area contributed by atoms with Crippen molar-refractivity contribution in [3.05, 3.63) is 52.6 Å². The van der Waals surface area contributed by atoms with Gasteiger partial charge in [0, 0.05) is 6.42 Å². The van der Waals surface area contributed by atoms with Crippen molar-refractivity contribution in [2.24, 2.45) is 0 Å². The van der Waals surface area contributed by atoms with Gasteiger partial charge < -0.3 is 9.72 Å². The number of aromatic nitrogens is 2. The number of aromatic amines is 1. The molecule has 1 aromatic heterocycles. The number of hydrogen-bond acceptors (Lipinski definition) is 2. The number of H-pyrrole nitrogens is 1. The van der Waals surface area contributed by atoms with Crippen LogP contribution in [0.4, 0.5) is 0 Å². The minimum atomic E-state index is 0.465. The summed E-state index contributed by atoms with van der Waals surface area (Å²) in [5.41, 5.74) is 2.02. The Morgan fingerprint density at radius 3 is 2.74 bits per heavy atom. The van der Waals surface area contributed by atoms with Gasteiger partial charge in [-0.25, -0.2) is 4.98 Å². The maximum absolute atomic E-state index is 6.08. The SMILES string of the molecule is CCCCc1nc(Cl)c(COCc2ccccc2)[nH]1. The van der Waals surface area contributed by atoms with Crippen molar-refractivity contribution >= 4 is 11.6 Å². The van der Waals surface area contributed by atoms with Gasteiger partial charge in [0.1, 0.15) is 5.82 Å². The summed E-state index contributed by atoms with van der Waals surface area (Å²) in [6.07, 6.45) is 3.21. The maximum atomic E-state index is 6.08. The summed E-state index contributed by atoms with van der Waals surface area (Å²) in [7, 11) is 0. The largest absolute Gasteiger partial charge is 0.370 e.